The lowest BCUT2D eigenvalue weighted by Gasteiger charge is -2.30. The van der Waals surface area contributed by atoms with Gasteiger partial charge in [0.2, 0.25) is 5.88 Å². The third-order valence-corrected chi connectivity index (χ3v) is 4.53. The van der Waals surface area contributed by atoms with E-state index in [0.29, 0.717) is 40.9 Å². The van der Waals surface area contributed by atoms with Gasteiger partial charge in [0.05, 0.1) is 17.7 Å². The Bertz CT molecular complexity index is 1000. The standard InChI is InChI=1S/C17H14N4O3/c1-9-19-16-15-14(11-6-3-7-23-11)13-10(22)4-2-5-12(13)24-17(15)18-8-21(16)20-9/h3,6-8,14H,2,4-5H2,1H3/t14-/m0/s1. The molecule has 3 aromatic heterocycles. The van der Waals surface area contributed by atoms with Crippen molar-refractivity contribution in [1.82, 2.24) is 19.6 Å². The highest BCUT2D eigenvalue weighted by atomic mass is 16.5. The van der Waals surface area contributed by atoms with Crippen LogP contribution in [0.2, 0.25) is 0 Å². The van der Waals surface area contributed by atoms with Gasteiger partial charge in [-0.1, -0.05) is 0 Å². The summed E-state index contributed by atoms with van der Waals surface area (Å²) in [5, 5.41) is 4.32. The zero-order valence-corrected chi connectivity index (χ0v) is 13.0. The molecule has 0 amide bonds. The molecule has 0 unspecified atom stereocenters. The van der Waals surface area contributed by atoms with Gasteiger partial charge in [-0.15, -0.1) is 0 Å². The number of fused-ring (bicyclic) bond motifs is 3. The van der Waals surface area contributed by atoms with Gasteiger partial charge >= 0.3 is 0 Å². The summed E-state index contributed by atoms with van der Waals surface area (Å²) < 4.78 is 13.2. The number of allylic oxidation sites excluding steroid dienone is 2. The molecular weight excluding hydrogens is 308 g/mol. The number of ketones is 1. The molecule has 0 fully saturated rings. The van der Waals surface area contributed by atoms with Crippen LogP contribution in [0, 0.1) is 6.92 Å². The second-order valence-electron chi connectivity index (χ2n) is 6.05. The van der Waals surface area contributed by atoms with E-state index < -0.39 is 0 Å². The van der Waals surface area contributed by atoms with E-state index in [1.165, 1.54) is 0 Å². The van der Waals surface area contributed by atoms with Crippen LogP contribution in [-0.4, -0.2) is 25.4 Å². The van der Waals surface area contributed by atoms with Crippen molar-refractivity contribution in [3.05, 3.63) is 53.2 Å². The predicted molar refractivity (Wildman–Crippen MR) is 82.6 cm³/mol. The topological polar surface area (TPSA) is 82.5 Å². The van der Waals surface area contributed by atoms with Gasteiger partial charge in [0.15, 0.2) is 11.4 Å². The number of rotatable bonds is 1. The molecule has 7 heteroatoms. The summed E-state index contributed by atoms with van der Waals surface area (Å²) in [6.45, 7) is 1.82. The molecule has 2 aliphatic rings. The Morgan fingerprint density at radius 3 is 3.08 bits per heavy atom. The number of furan rings is 1. The van der Waals surface area contributed by atoms with E-state index in [0.717, 1.165) is 18.4 Å². The number of nitrogens with zero attached hydrogens (tertiary/aromatic N) is 4. The fraction of sp³-hybridized carbons (Fsp3) is 0.294. The molecule has 0 saturated carbocycles. The largest absolute Gasteiger partial charge is 0.468 e. The fourth-order valence-electron chi connectivity index (χ4n) is 3.56. The molecule has 0 spiro atoms. The molecule has 0 bridgehead atoms. The Balaban J connectivity index is 1.84. The van der Waals surface area contributed by atoms with Gasteiger partial charge in [-0.2, -0.15) is 5.10 Å². The summed E-state index contributed by atoms with van der Waals surface area (Å²) >= 11 is 0. The number of hydrogen-bond acceptors (Lipinski definition) is 6. The minimum absolute atomic E-state index is 0.0986. The Morgan fingerprint density at radius 1 is 1.33 bits per heavy atom. The zero-order chi connectivity index (χ0) is 16.3. The van der Waals surface area contributed by atoms with E-state index in [-0.39, 0.29) is 11.7 Å². The Labute approximate surface area is 137 Å². The first-order chi connectivity index (χ1) is 11.7. The van der Waals surface area contributed by atoms with Crippen molar-refractivity contribution in [1.29, 1.82) is 0 Å². The summed E-state index contributed by atoms with van der Waals surface area (Å²) in [7, 11) is 0. The van der Waals surface area contributed by atoms with Crippen LogP contribution in [-0.2, 0) is 4.79 Å². The molecule has 1 aliphatic heterocycles. The predicted octanol–water partition coefficient (Wildman–Crippen LogP) is 2.56. The van der Waals surface area contributed by atoms with Crippen molar-refractivity contribution in [2.75, 3.05) is 0 Å². The summed E-state index contributed by atoms with van der Waals surface area (Å²) in [5.74, 6) is 2.25. The quantitative estimate of drug-likeness (QED) is 0.685. The SMILES string of the molecule is Cc1nc2c3c(ncn2n1)OC1=C(C(=O)CCC1)[C@@H]3c1ccco1. The first-order valence-electron chi connectivity index (χ1n) is 7.92. The van der Waals surface area contributed by atoms with Crippen molar-refractivity contribution in [2.24, 2.45) is 0 Å². The summed E-state index contributed by atoms with van der Waals surface area (Å²) in [4.78, 5) is 21.5. The van der Waals surface area contributed by atoms with Crippen molar-refractivity contribution < 1.29 is 13.9 Å². The molecular formula is C17H14N4O3. The number of carbonyl (C=O) groups excluding carboxylic acids is 1. The van der Waals surface area contributed by atoms with E-state index in [1.807, 2.05) is 19.1 Å². The second kappa shape index (κ2) is 4.77. The Hall–Kier alpha value is -2.96. The number of hydrogen-bond donors (Lipinski definition) is 0. The Morgan fingerprint density at radius 2 is 2.25 bits per heavy atom. The van der Waals surface area contributed by atoms with Crippen molar-refractivity contribution in [3.63, 3.8) is 0 Å². The Kier molecular flexibility index (Phi) is 2.68. The van der Waals surface area contributed by atoms with Crippen LogP contribution in [0.25, 0.3) is 5.65 Å². The van der Waals surface area contributed by atoms with E-state index in [2.05, 4.69) is 15.1 Å². The highest BCUT2D eigenvalue weighted by Gasteiger charge is 2.40. The van der Waals surface area contributed by atoms with Crippen molar-refractivity contribution >= 4 is 11.4 Å². The lowest BCUT2D eigenvalue weighted by atomic mass is 9.80. The maximum Gasteiger partial charge on any atom is 0.228 e. The minimum atomic E-state index is -0.355. The number of Topliss-reactive ketones (excluding diaryl/α,β-unsaturated/α-hetero) is 1. The molecule has 5 rings (SSSR count). The van der Waals surface area contributed by atoms with E-state index in [4.69, 9.17) is 9.15 Å². The van der Waals surface area contributed by atoms with Gasteiger partial charge in [0.25, 0.3) is 0 Å². The zero-order valence-electron chi connectivity index (χ0n) is 13.0. The molecule has 0 N–H and O–H groups in total. The smallest absolute Gasteiger partial charge is 0.228 e. The summed E-state index contributed by atoms with van der Waals surface area (Å²) in [5.41, 5.74) is 2.05. The summed E-state index contributed by atoms with van der Waals surface area (Å²) in [6.07, 6.45) is 5.25. The van der Waals surface area contributed by atoms with Crippen LogP contribution < -0.4 is 4.74 Å². The number of ether oxygens (including phenoxy) is 1. The van der Waals surface area contributed by atoms with Crippen molar-refractivity contribution in [3.8, 4) is 5.88 Å². The maximum absolute atomic E-state index is 12.6. The van der Waals surface area contributed by atoms with Crippen LogP contribution in [0.15, 0.2) is 40.5 Å². The number of aromatic nitrogens is 4. The molecule has 1 atom stereocenters. The van der Waals surface area contributed by atoms with Crippen molar-refractivity contribution in [2.45, 2.75) is 32.1 Å². The van der Waals surface area contributed by atoms with E-state index in [9.17, 15) is 4.79 Å². The van der Waals surface area contributed by atoms with Crippen LogP contribution in [0.5, 0.6) is 5.88 Å². The lowest BCUT2D eigenvalue weighted by molar-refractivity contribution is -0.116. The molecule has 24 heavy (non-hydrogen) atoms. The molecule has 0 radical (unpaired) electrons. The van der Waals surface area contributed by atoms with Gasteiger partial charge < -0.3 is 9.15 Å². The average Bonchev–Trinajstić information content (AvgIpc) is 3.21. The first-order valence-corrected chi connectivity index (χ1v) is 7.92. The lowest BCUT2D eigenvalue weighted by Crippen LogP contribution is -2.26. The van der Waals surface area contributed by atoms with Gasteiger partial charge in [-0.3, -0.25) is 4.79 Å². The van der Waals surface area contributed by atoms with Gasteiger partial charge in [0.1, 0.15) is 23.7 Å². The van der Waals surface area contributed by atoms with Gasteiger partial charge in [-0.05, 0) is 25.5 Å². The van der Waals surface area contributed by atoms with E-state index in [1.54, 1.807) is 17.1 Å². The molecule has 3 aromatic rings. The van der Waals surface area contributed by atoms with E-state index >= 15 is 0 Å². The number of aryl methyl sites for hydroxylation is 1. The second-order valence-corrected chi connectivity index (χ2v) is 6.05. The number of carbonyl (C=O) groups is 1. The minimum Gasteiger partial charge on any atom is -0.468 e. The van der Waals surface area contributed by atoms with Crippen LogP contribution in [0.4, 0.5) is 0 Å². The monoisotopic (exact) mass is 322 g/mol. The summed E-state index contributed by atoms with van der Waals surface area (Å²) in [6, 6.07) is 3.69. The first kappa shape index (κ1) is 13.5. The molecule has 1 aliphatic carbocycles. The highest BCUT2D eigenvalue weighted by molar-refractivity contribution is 5.99. The van der Waals surface area contributed by atoms with Crippen LogP contribution >= 0.6 is 0 Å². The molecule has 120 valence electrons. The third-order valence-electron chi connectivity index (χ3n) is 4.53. The molecule has 0 aromatic carbocycles. The van der Waals surface area contributed by atoms with Gasteiger partial charge in [-0.25, -0.2) is 14.5 Å². The molecule has 4 heterocycles. The molecule has 0 saturated heterocycles. The third kappa shape index (κ3) is 1.78. The fourth-order valence-corrected chi connectivity index (χ4v) is 3.56. The van der Waals surface area contributed by atoms with Crippen LogP contribution in [0.3, 0.4) is 0 Å². The highest BCUT2D eigenvalue weighted by Crippen LogP contribution is 2.46. The molecule has 7 nitrogen and oxygen atoms in total. The van der Waals surface area contributed by atoms with Gasteiger partial charge in [0, 0.05) is 18.4 Å². The van der Waals surface area contributed by atoms with Crippen LogP contribution in [0.1, 0.15) is 42.3 Å². The normalized spacial score (nSPS) is 20.0. The maximum atomic E-state index is 12.6. The average molecular weight is 322 g/mol.